The van der Waals surface area contributed by atoms with Crippen molar-refractivity contribution in [1.29, 1.82) is 0 Å². The maximum absolute atomic E-state index is 13.4. The third kappa shape index (κ3) is 3.93. The number of hydrogen-bond acceptors (Lipinski definition) is 4. The van der Waals surface area contributed by atoms with Gasteiger partial charge in [0.05, 0.1) is 16.8 Å². The Morgan fingerprint density at radius 1 is 1.23 bits per heavy atom. The predicted molar refractivity (Wildman–Crippen MR) is 100 cm³/mol. The molecule has 31 heavy (non-hydrogen) atoms. The fraction of sp³-hybridized carbons (Fsp3) is 0.421. The number of amides is 2. The number of hydrogen-bond donors (Lipinski definition) is 2. The van der Waals surface area contributed by atoms with E-state index in [2.05, 4.69) is 15.7 Å². The average Bonchev–Trinajstić information content (AvgIpc) is 3.02. The highest BCUT2D eigenvalue weighted by molar-refractivity contribution is 6.30. The monoisotopic (exact) mass is 460 g/mol. The summed E-state index contributed by atoms with van der Waals surface area (Å²) in [6.45, 7) is -0.340. The summed E-state index contributed by atoms with van der Waals surface area (Å²) in [6, 6.07) is 3.80. The van der Waals surface area contributed by atoms with Crippen LogP contribution in [0.1, 0.15) is 35.3 Å². The second-order valence-electron chi connectivity index (χ2n) is 7.99. The van der Waals surface area contributed by atoms with E-state index in [4.69, 9.17) is 16.3 Å². The number of halogens is 5. The third-order valence-corrected chi connectivity index (χ3v) is 5.83. The maximum Gasteiger partial charge on any atom is 0.433 e. The Morgan fingerprint density at radius 3 is 2.48 bits per heavy atom. The normalized spacial score (nSPS) is 24.1. The molecular weight excluding hydrogens is 444 g/mol. The van der Waals surface area contributed by atoms with Crippen molar-refractivity contribution in [2.45, 2.75) is 36.5 Å². The zero-order valence-electron chi connectivity index (χ0n) is 16.1. The number of alkyl halides is 3. The van der Waals surface area contributed by atoms with E-state index in [0.29, 0.717) is 23.9 Å². The lowest BCUT2D eigenvalue weighted by atomic mass is 9.44. The fourth-order valence-corrected chi connectivity index (χ4v) is 4.47. The van der Waals surface area contributed by atoms with Gasteiger partial charge in [-0.25, -0.2) is 4.39 Å². The smallest absolute Gasteiger partial charge is 0.433 e. The van der Waals surface area contributed by atoms with Crippen LogP contribution in [0.5, 0.6) is 5.75 Å². The second kappa shape index (κ2) is 7.11. The molecule has 12 heteroatoms. The Hall–Kier alpha value is -2.82. The molecule has 1 heterocycles. The summed E-state index contributed by atoms with van der Waals surface area (Å²) in [4.78, 5) is 24.5. The molecule has 2 amide bonds. The van der Waals surface area contributed by atoms with Gasteiger partial charge in [-0.15, -0.1) is 0 Å². The van der Waals surface area contributed by atoms with Gasteiger partial charge >= 0.3 is 6.18 Å². The summed E-state index contributed by atoms with van der Waals surface area (Å²) in [5, 5.41) is 8.91. The minimum Gasteiger partial charge on any atom is -0.484 e. The van der Waals surface area contributed by atoms with Crippen molar-refractivity contribution in [2.75, 3.05) is 6.61 Å². The molecule has 3 aliphatic carbocycles. The van der Waals surface area contributed by atoms with Crippen LogP contribution in [-0.4, -0.2) is 39.3 Å². The van der Waals surface area contributed by atoms with Gasteiger partial charge in [0.2, 0.25) is 0 Å². The van der Waals surface area contributed by atoms with Crippen LogP contribution in [-0.2, 0) is 18.0 Å². The SMILES string of the molecule is Cn1ncc(C(=O)NC23CC(NC(=O)COc4ccc(Cl)c(F)c4)(C2)C3)c1C(F)(F)F. The highest BCUT2D eigenvalue weighted by Gasteiger charge is 2.69. The minimum atomic E-state index is -4.71. The lowest BCUT2D eigenvalue weighted by Crippen LogP contribution is -2.84. The van der Waals surface area contributed by atoms with E-state index in [1.807, 2.05) is 0 Å². The topological polar surface area (TPSA) is 85.3 Å². The molecule has 0 unspecified atom stereocenters. The van der Waals surface area contributed by atoms with E-state index < -0.39 is 46.1 Å². The van der Waals surface area contributed by atoms with Gasteiger partial charge in [0.1, 0.15) is 11.6 Å². The molecule has 2 bridgehead atoms. The number of rotatable bonds is 6. The first-order valence-corrected chi connectivity index (χ1v) is 9.60. The first kappa shape index (κ1) is 21.4. The van der Waals surface area contributed by atoms with E-state index in [1.54, 1.807) is 0 Å². The zero-order chi connectivity index (χ0) is 22.6. The van der Waals surface area contributed by atoms with Gasteiger partial charge in [0.15, 0.2) is 12.3 Å². The highest BCUT2D eigenvalue weighted by atomic mass is 35.5. The summed E-state index contributed by atoms with van der Waals surface area (Å²) in [5.41, 5.74) is -2.83. The predicted octanol–water partition coefficient (Wildman–Crippen LogP) is 2.83. The molecule has 166 valence electrons. The summed E-state index contributed by atoms with van der Waals surface area (Å²) in [5.74, 6) is -1.80. The van der Waals surface area contributed by atoms with Crippen LogP contribution in [0.15, 0.2) is 24.4 Å². The summed E-state index contributed by atoms with van der Waals surface area (Å²) in [7, 11) is 1.12. The van der Waals surface area contributed by atoms with Crippen molar-refractivity contribution >= 4 is 23.4 Å². The van der Waals surface area contributed by atoms with Crippen molar-refractivity contribution < 1.29 is 31.9 Å². The summed E-state index contributed by atoms with van der Waals surface area (Å²) in [6.07, 6.45) is -2.63. The number of benzene rings is 1. The Kier molecular flexibility index (Phi) is 4.91. The third-order valence-electron chi connectivity index (χ3n) is 5.53. The first-order valence-electron chi connectivity index (χ1n) is 9.23. The van der Waals surface area contributed by atoms with Crippen LogP contribution in [0.3, 0.4) is 0 Å². The number of nitrogens with zero attached hydrogens (tertiary/aromatic N) is 2. The first-order chi connectivity index (χ1) is 14.4. The van der Waals surface area contributed by atoms with E-state index in [9.17, 15) is 27.2 Å². The molecule has 5 rings (SSSR count). The van der Waals surface area contributed by atoms with Gasteiger partial charge in [-0.05, 0) is 31.4 Å². The lowest BCUT2D eigenvalue weighted by molar-refractivity contribution is -0.145. The van der Waals surface area contributed by atoms with Crippen LogP contribution in [0, 0.1) is 5.82 Å². The van der Waals surface area contributed by atoms with Crippen LogP contribution in [0.2, 0.25) is 5.02 Å². The molecule has 0 atom stereocenters. The quantitative estimate of drug-likeness (QED) is 0.649. The van der Waals surface area contributed by atoms with Crippen molar-refractivity contribution in [3.05, 3.63) is 46.5 Å². The van der Waals surface area contributed by atoms with Gasteiger partial charge in [0, 0.05) is 24.2 Å². The van der Waals surface area contributed by atoms with E-state index in [0.717, 1.165) is 19.3 Å². The van der Waals surface area contributed by atoms with E-state index >= 15 is 0 Å². The van der Waals surface area contributed by atoms with Crippen molar-refractivity contribution in [1.82, 2.24) is 20.4 Å². The largest absolute Gasteiger partial charge is 0.484 e. The average molecular weight is 461 g/mol. The Labute approximate surface area is 178 Å². The molecule has 2 N–H and O–H groups in total. The highest BCUT2D eigenvalue weighted by Crippen LogP contribution is 2.60. The Morgan fingerprint density at radius 2 is 1.87 bits per heavy atom. The number of carbonyl (C=O) groups is 2. The van der Waals surface area contributed by atoms with Crippen molar-refractivity contribution in [2.24, 2.45) is 7.05 Å². The second-order valence-corrected chi connectivity index (χ2v) is 8.39. The van der Waals surface area contributed by atoms with Gasteiger partial charge < -0.3 is 15.4 Å². The van der Waals surface area contributed by atoms with Crippen LogP contribution in [0.25, 0.3) is 0 Å². The van der Waals surface area contributed by atoms with Crippen molar-refractivity contribution in [3.63, 3.8) is 0 Å². The van der Waals surface area contributed by atoms with Gasteiger partial charge in [-0.3, -0.25) is 14.3 Å². The molecule has 0 aliphatic heterocycles. The molecule has 1 aromatic heterocycles. The molecule has 0 spiro atoms. The Bertz CT molecular complexity index is 1050. The molecular formula is C19H17ClF4N4O3. The zero-order valence-corrected chi connectivity index (χ0v) is 16.9. The molecule has 7 nitrogen and oxygen atoms in total. The van der Waals surface area contributed by atoms with E-state index in [-0.39, 0.29) is 17.4 Å². The number of aryl methyl sites for hydroxylation is 1. The van der Waals surface area contributed by atoms with Crippen LogP contribution >= 0.6 is 11.6 Å². The summed E-state index contributed by atoms with van der Waals surface area (Å²) >= 11 is 5.58. The summed E-state index contributed by atoms with van der Waals surface area (Å²) < 4.78 is 58.7. The Balaban J connectivity index is 1.28. The lowest BCUT2D eigenvalue weighted by Gasteiger charge is -2.70. The van der Waals surface area contributed by atoms with Gasteiger partial charge in [0.25, 0.3) is 11.8 Å². The molecule has 0 radical (unpaired) electrons. The van der Waals surface area contributed by atoms with Gasteiger partial charge in [-0.1, -0.05) is 11.6 Å². The number of ether oxygens (including phenoxy) is 1. The maximum atomic E-state index is 13.4. The molecule has 3 saturated carbocycles. The molecule has 2 aromatic rings. The van der Waals surface area contributed by atoms with Crippen LogP contribution in [0.4, 0.5) is 17.6 Å². The minimum absolute atomic E-state index is 0.0633. The standard InChI is InChI=1S/C19H17ClF4N4O3/c1-28-15(19(22,23)24)11(5-25-28)16(30)27-18-7-17(8-18,9-18)26-14(29)6-31-10-2-3-12(20)13(21)4-10/h2-5H,6-9H2,1H3,(H,26,29)(H,27,30). The van der Waals surface area contributed by atoms with Gasteiger partial charge in [-0.2, -0.15) is 18.3 Å². The molecule has 0 saturated heterocycles. The number of carbonyl (C=O) groups excluding carboxylic acids is 2. The number of nitrogens with one attached hydrogen (secondary N) is 2. The fourth-order valence-electron chi connectivity index (χ4n) is 4.35. The molecule has 3 aliphatic rings. The molecule has 3 fully saturated rings. The number of aromatic nitrogens is 2. The van der Waals surface area contributed by atoms with Crippen molar-refractivity contribution in [3.8, 4) is 5.75 Å². The molecule has 1 aromatic carbocycles. The van der Waals surface area contributed by atoms with E-state index in [1.165, 1.54) is 12.1 Å². The van der Waals surface area contributed by atoms with Crippen LogP contribution < -0.4 is 15.4 Å².